The monoisotopic (exact) mass is 289 g/mol. The summed E-state index contributed by atoms with van der Waals surface area (Å²) < 4.78 is 27.6. The smallest absolute Gasteiger partial charge is 0.207 e. The zero-order chi connectivity index (χ0) is 14.8. The van der Waals surface area contributed by atoms with Gasteiger partial charge in [0.1, 0.15) is 0 Å². The van der Waals surface area contributed by atoms with Crippen LogP contribution in [-0.2, 0) is 10.0 Å². The average Bonchev–Trinajstić information content (AvgIpc) is 2.38. The van der Waals surface area contributed by atoms with E-state index in [2.05, 4.69) is 4.72 Å². The van der Waals surface area contributed by atoms with Crippen LogP contribution in [0, 0.1) is 13.8 Å². The van der Waals surface area contributed by atoms with Gasteiger partial charge in [-0.05, 0) is 43.5 Å². The lowest BCUT2D eigenvalue weighted by atomic mass is 10.0. The Labute approximate surface area is 120 Å². The van der Waals surface area contributed by atoms with Gasteiger partial charge in [0.25, 0.3) is 0 Å². The molecule has 0 fully saturated rings. The molecule has 2 aromatic carbocycles. The van der Waals surface area contributed by atoms with E-state index in [1.165, 1.54) is 0 Å². The van der Waals surface area contributed by atoms with Gasteiger partial charge in [-0.1, -0.05) is 42.5 Å². The lowest BCUT2D eigenvalue weighted by Crippen LogP contribution is -2.27. The van der Waals surface area contributed by atoms with Gasteiger partial charge in [-0.2, -0.15) is 0 Å². The molecular formula is C16H19NO2S. The molecule has 20 heavy (non-hydrogen) atoms. The number of aryl methyl sites for hydroxylation is 2. The Morgan fingerprint density at radius 3 is 2.05 bits per heavy atom. The summed E-state index contributed by atoms with van der Waals surface area (Å²) in [6.07, 6.45) is 0. The van der Waals surface area contributed by atoms with Crippen molar-refractivity contribution < 1.29 is 8.42 Å². The fourth-order valence-electron chi connectivity index (χ4n) is 2.29. The third kappa shape index (κ3) is 3.08. The maximum absolute atomic E-state index is 12.4. The summed E-state index contributed by atoms with van der Waals surface area (Å²) in [6, 6.07) is 14.5. The van der Waals surface area contributed by atoms with Crippen LogP contribution >= 0.6 is 0 Å². The molecular weight excluding hydrogens is 270 g/mol. The minimum Gasteiger partial charge on any atom is -0.207 e. The van der Waals surface area contributed by atoms with E-state index in [4.69, 9.17) is 0 Å². The molecule has 0 radical (unpaired) electrons. The van der Waals surface area contributed by atoms with Gasteiger partial charge in [0.2, 0.25) is 10.0 Å². The molecule has 0 aliphatic heterocycles. The zero-order valence-electron chi connectivity index (χ0n) is 11.9. The minimum atomic E-state index is -3.51. The third-order valence-corrected chi connectivity index (χ3v) is 5.07. The van der Waals surface area contributed by atoms with E-state index in [0.29, 0.717) is 4.90 Å². The van der Waals surface area contributed by atoms with Crippen LogP contribution < -0.4 is 4.72 Å². The van der Waals surface area contributed by atoms with Crippen LogP contribution in [0.4, 0.5) is 0 Å². The Balaban J connectivity index is 2.30. The van der Waals surface area contributed by atoms with Gasteiger partial charge in [0, 0.05) is 6.04 Å². The van der Waals surface area contributed by atoms with Gasteiger partial charge in [-0.3, -0.25) is 0 Å². The summed E-state index contributed by atoms with van der Waals surface area (Å²) in [5, 5.41) is 0. The summed E-state index contributed by atoms with van der Waals surface area (Å²) >= 11 is 0. The Bertz CT molecular complexity index is 708. The summed E-state index contributed by atoms with van der Waals surface area (Å²) in [4.78, 5) is 0.334. The van der Waals surface area contributed by atoms with Crippen molar-refractivity contribution in [3.05, 3.63) is 65.2 Å². The number of sulfonamides is 1. The molecule has 0 heterocycles. The van der Waals surface area contributed by atoms with E-state index in [-0.39, 0.29) is 6.04 Å². The van der Waals surface area contributed by atoms with E-state index in [9.17, 15) is 8.42 Å². The minimum absolute atomic E-state index is 0.263. The Morgan fingerprint density at radius 1 is 0.900 bits per heavy atom. The second-order valence-corrected chi connectivity index (χ2v) is 6.65. The summed E-state index contributed by atoms with van der Waals surface area (Å²) in [5.74, 6) is 0. The van der Waals surface area contributed by atoms with Crippen molar-refractivity contribution >= 4 is 10.0 Å². The van der Waals surface area contributed by atoms with Crippen molar-refractivity contribution in [3.63, 3.8) is 0 Å². The number of hydrogen-bond donors (Lipinski definition) is 1. The molecule has 1 N–H and O–H groups in total. The maximum Gasteiger partial charge on any atom is 0.241 e. The highest BCUT2D eigenvalue weighted by Gasteiger charge is 2.20. The van der Waals surface area contributed by atoms with Crippen molar-refractivity contribution in [1.29, 1.82) is 0 Å². The topological polar surface area (TPSA) is 46.2 Å². The van der Waals surface area contributed by atoms with E-state index in [1.54, 1.807) is 25.1 Å². The lowest BCUT2D eigenvalue weighted by Gasteiger charge is -2.17. The average molecular weight is 289 g/mol. The highest BCUT2D eigenvalue weighted by molar-refractivity contribution is 7.89. The molecule has 0 saturated heterocycles. The van der Waals surface area contributed by atoms with Crippen LogP contribution in [0.2, 0.25) is 0 Å². The molecule has 0 aliphatic rings. The van der Waals surface area contributed by atoms with Crippen LogP contribution in [0.5, 0.6) is 0 Å². The quantitative estimate of drug-likeness (QED) is 0.938. The summed E-state index contributed by atoms with van der Waals surface area (Å²) in [6.45, 7) is 5.64. The lowest BCUT2D eigenvalue weighted by molar-refractivity contribution is 0.566. The molecule has 1 atom stereocenters. The molecule has 0 aliphatic carbocycles. The number of hydrogen-bond acceptors (Lipinski definition) is 2. The molecule has 4 heteroatoms. The Hall–Kier alpha value is -1.65. The number of benzene rings is 2. The third-order valence-electron chi connectivity index (χ3n) is 3.37. The van der Waals surface area contributed by atoms with Gasteiger partial charge >= 0.3 is 0 Å². The van der Waals surface area contributed by atoms with E-state index >= 15 is 0 Å². The normalized spacial score (nSPS) is 13.2. The van der Waals surface area contributed by atoms with Crippen molar-refractivity contribution in [1.82, 2.24) is 4.72 Å². The van der Waals surface area contributed by atoms with Crippen molar-refractivity contribution in [2.45, 2.75) is 31.7 Å². The highest BCUT2D eigenvalue weighted by atomic mass is 32.2. The van der Waals surface area contributed by atoms with Gasteiger partial charge < -0.3 is 0 Å². The van der Waals surface area contributed by atoms with Crippen LogP contribution in [0.1, 0.15) is 29.7 Å². The van der Waals surface area contributed by atoms with Gasteiger partial charge in [-0.25, -0.2) is 13.1 Å². The van der Waals surface area contributed by atoms with Crippen LogP contribution in [0.25, 0.3) is 0 Å². The second kappa shape index (κ2) is 5.77. The maximum atomic E-state index is 12.4. The molecule has 0 saturated carbocycles. The van der Waals surface area contributed by atoms with Crippen molar-refractivity contribution in [2.24, 2.45) is 0 Å². The first-order chi connectivity index (χ1) is 9.42. The molecule has 2 aromatic rings. The van der Waals surface area contributed by atoms with Gasteiger partial charge in [0.05, 0.1) is 4.90 Å². The first-order valence-electron chi connectivity index (χ1n) is 6.55. The molecule has 2 rings (SSSR count). The van der Waals surface area contributed by atoms with Gasteiger partial charge in [0.15, 0.2) is 0 Å². The molecule has 0 spiro atoms. The molecule has 106 valence electrons. The predicted octanol–water partition coefficient (Wildman–Crippen LogP) is 3.34. The highest BCUT2D eigenvalue weighted by Crippen LogP contribution is 2.21. The standard InChI is InChI=1S/C16H19NO2S/c1-12-8-4-6-10-15(12)14(3)17-20(18,19)16-11-7-5-9-13(16)2/h4-11,14,17H,1-3H3/t14-/m0/s1. The molecule has 0 amide bonds. The fourth-order valence-corrected chi connectivity index (χ4v) is 3.76. The van der Waals surface area contributed by atoms with Crippen LogP contribution in [0.15, 0.2) is 53.4 Å². The molecule has 3 nitrogen and oxygen atoms in total. The second-order valence-electron chi connectivity index (χ2n) is 4.97. The largest absolute Gasteiger partial charge is 0.241 e. The first kappa shape index (κ1) is 14.8. The van der Waals surface area contributed by atoms with Crippen LogP contribution in [0.3, 0.4) is 0 Å². The zero-order valence-corrected chi connectivity index (χ0v) is 12.7. The molecule has 0 bridgehead atoms. The van der Waals surface area contributed by atoms with Crippen molar-refractivity contribution in [3.8, 4) is 0 Å². The number of rotatable bonds is 4. The van der Waals surface area contributed by atoms with Crippen LogP contribution in [-0.4, -0.2) is 8.42 Å². The van der Waals surface area contributed by atoms with E-state index in [1.807, 2.05) is 44.2 Å². The number of nitrogens with one attached hydrogen (secondary N) is 1. The van der Waals surface area contributed by atoms with Crippen molar-refractivity contribution in [2.75, 3.05) is 0 Å². The Morgan fingerprint density at radius 2 is 1.45 bits per heavy atom. The molecule has 0 unspecified atom stereocenters. The predicted molar refractivity (Wildman–Crippen MR) is 81.1 cm³/mol. The Kier molecular flexibility index (Phi) is 4.26. The first-order valence-corrected chi connectivity index (χ1v) is 8.03. The van der Waals surface area contributed by atoms with E-state index in [0.717, 1.165) is 16.7 Å². The van der Waals surface area contributed by atoms with E-state index < -0.39 is 10.0 Å². The summed E-state index contributed by atoms with van der Waals surface area (Å²) in [7, 11) is -3.51. The van der Waals surface area contributed by atoms with Gasteiger partial charge in [-0.15, -0.1) is 0 Å². The molecule has 0 aromatic heterocycles. The fraction of sp³-hybridized carbons (Fsp3) is 0.250. The summed E-state index contributed by atoms with van der Waals surface area (Å²) in [5.41, 5.74) is 2.81. The SMILES string of the molecule is Cc1ccccc1[C@H](C)NS(=O)(=O)c1ccccc1C.